The average Bonchev–Trinajstić information content (AvgIpc) is 3.30. The fourth-order valence-electron chi connectivity index (χ4n) is 4.77. The van der Waals surface area contributed by atoms with Crippen LogP contribution >= 0.6 is 0 Å². The molecule has 0 spiro atoms. The van der Waals surface area contributed by atoms with E-state index < -0.39 is 11.4 Å². The molecule has 1 N–H and O–H groups in total. The summed E-state index contributed by atoms with van der Waals surface area (Å²) in [6.07, 6.45) is 1.85. The zero-order valence-corrected chi connectivity index (χ0v) is 20.0. The Kier molecular flexibility index (Phi) is 5.67. The predicted molar refractivity (Wildman–Crippen MR) is 129 cm³/mol. The lowest BCUT2D eigenvalue weighted by molar-refractivity contribution is 0.0694. The van der Waals surface area contributed by atoms with Gasteiger partial charge in [0.2, 0.25) is 6.79 Å². The van der Waals surface area contributed by atoms with Crippen LogP contribution in [0.4, 0.5) is 0 Å². The molecular formula is C27H27NO7. The molecule has 0 aliphatic carbocycles. The Bertz CT molecular complexity index is 1370. The minimum atomic E-state index is -1.22. The van der Waals surface area contributed by atoms with E-state index in [2.05, 4.69) is 13.8 Å². The molecule has 0 fully saturated rings. The van der Waals surface area contributed by atoms with Crippen molar-refractivity contribution in [2.24, 2.45) is 5.92 Å². The van der Waals surface area contributed by atoms with E-state index in [0.717, 1.165) is 16.7 Å². The van der Waals surface area contributed by atoms with Gasteiger partial charge in [0.25, 0.3) is 0 Å². The molecule has 0 radical (unpaired) electrons. The highest BCUT2D eigenvalue weighted by atomic mass is 16.7. The van der Waals surface area contributed by atoms with Gasteiger partial charge in [0.15, 0.2) is 28.4 Å². The minimum Gasteiger partial charge on any atom is -0.493 e. The molecule has 2 aromatic carbocycles. The van der Waals surface area contributed by atoms with Gasteiger partial charge in [0.05, 0.1) is 12.8 Å². The molecule has 1 aromatic heterocycles. The summed E-state index contributed by atoms with van der Waals surface area (Å²) < 4.78 is 24.8. The quantitative estimate of drug-likeness (QED) is 0.542. The number of carbonyl (C=O) groups is 1. The molecule has 8 nitrogen and oxygen atoms in total. The number of carboxylic acids is 1. The lowest BCUT2D eigenvalue weighted by Crippen LogP contribution is -2.28. The second-order valence-electron chi connectivity index (χ2n) is 9.20. The smallest absolute Gasteiger partial charge is 0.341 e. The Labute approximate surface area is 202 Å². The summed E-state index contributed by atoms with van der Waals surface area (Å²) in [5, 5.41) is 9.47. The van der Waals surface area contributed by atoms with Gasteiger partial charge in [-0.05, 0) is 54.7 Å². The molecule has 0 amide bonds. The summed E-state index contributed by atoms with van der Waals surface area (Å²) in [5.74, 6) is 1.52. The van der Waals surface area contributed by atoms with Crippen LogP contribution in [-0.2, 0) is 6.42 Å². The van der Waals surface area contributed by atoms with Crippen molar-refractivity contribution < 1.29 is 28.8 Å². The van der Waals surface area contributed by atoms with Crippen molar-refractivity contribution in [3.8, 4) is 34.3 Å². The number of benzene rings is 2. The molecule has 2 aliphatic heterocycles. The molecule has 0 bridgehead atoms. The normalized spacial score (nSPS) is 16.4. The number of rotatable bonds is 6. The number of ether oxygens (including phenoxy) is 4. The first-order chi connectivity index (χ1) is 16.8. The van der Waals surface area contributed by atoms with Crippen LogP contribution in [0.15, 0.2) is 47.4 Å². The van der Waals surface area contributed by atoms with E-state index in [1.807, 2.05) is 41.8 Å². The molecule has 0 saturated carbocycles. The second-order valence-corrected chi connectivity index (χ2v) is 9.20. The maximum absolute atomic E-state index is 12.6. The molecule has 5 rings (SSSR count). The number of hydrogen-bond donors (Lipinski definition) is 1. The van der Waals surface area contributed by atoms with E-state index in [-0.39, 0.29) is 30.4 Å². The third-order valence-corrected chi connectivity index (χ3v) is 6.70. The molecule has 3 heterocycles. The van der Waals surface area contributed by atoms with Crippen LogP contribution in [0.2, 0.25) is 0 Å². The average molecular weight is 478 g/mol. The molecule has 2 aliphatic rings. The van der Waals surface area contributed by atoms with E-state index in [0.29, 0.717) is 35.1 Å². The van der Waals surface area contributed by atoms with Gasteiger partial charge in [-0.2, -0.15) is 0 Å². The van der Waals surface area contributed by atoms with Gasteiger partial charge in [0.1, 0.15) is 11.7 Å². The number of carboxylic acid groups (broad SMARTS) is 1. The number of pyridine rings is 1. The van der Waals surface area contributed by atoms with Crippen molar-refractivity contribution in [2.75, 3.05) is 13.9 Å². The Balaban J connectivity index is 1.56. The van der Waals surface area contributed by atoms with Gasteiger partial charge in [-0.1, -0.05) is 19.9 Å². The van der Waals surface area contributed by atoms with Gasteiger partial charge in [-0.3, -0.25) is 4.79 Å². The summed E-state index contributed by atoms with van der Waals surface area (Å²) in [6.45, 7) is 6.33. The van der Waals surface area contributed by atoms with Crippen LogP contribution < -0.4 is 24.4 Å². The molecule has 0 saturated heterocycles. The first kappa shape index (κ1) is 22.8. The highest BCUT2D eigenvalue weighted by molar-refractivity contribution is 5.88. The number of fused-ring (bicyclic) bond motifs is 4. The second kappa shape index (κ2) is 8.69. The zero-order valence-electron chi connectivity index (χ0n) is 20.0. The third-order valence-electron chi connectivity index (χ3n) is 6.70. The maximum Gasteiger partial charge on any atom is 0.341 e. The molecule has 2 unspecified atom stereocenters. The molecule has 3 aromatic rings. The van der Waals surface area contributed by atoms with E-state index >= 15 is 0 Å². The number of methoxy groups -OCH3 is 1. The number of hydrogen-bond acceptors (Lipinski definition) is 6. The minimum absolute atomic E-state index is 0.0104. The largest absolute Gasteiger partial charge is 0.493 e. The highest BCUT2D eigenvalue weighted by Crippen LogP contribution is 2.44. The standard InChI is InChI=1S/C27H27NO7/c1-14(2)20-7-17-9-26(35-15(3)16-5-6-23-25(8-16)34-13-33-23)24(32-4)10-18(17)21-11-22(29)19(27(30)31)12-28(20)21/h5-6,8-12,14-15,20H,7,13H2,1-4H3,(H,30,31). The van der Waals surface area contributed by atoms with Crippen molar-refractivity contribution in [1.82, 2.24) is 4.57 Å². The van der Waals surface area contributed by atoms with Crippen LogP contribution in [0.25, 0.3) is 11.3 Å². The summed E-state index contributed by atoms with van der Waals surface area (Å²) >= 11 is 0. The lowest BCUT2D eigenvalue weighted by Gasteiger charge is -2.34. The third kappa shape index (κ3) is 3.99. The van der Waals surface area contributed by atoms with E-state index in [9.17, 15) is 14.7 Å². The van der Waals surface area contributed by atoms with Crippen LogP contribution in [0, 0.1) is 5.92 Å². The lowest BCUT2D eigenvalue weighted by atomic mass is 9.87. The Morgan fingerprint density at radius 1 is 1.09 bits per heavy atom. The van der Waals surface area contributed by atoms with Crippen LogP contribution in [-0.4, -0.2) is 29.5 Å². The van der Waals surface area contributed by atoms with Gasteiger partial charge >= 0.3 is 5.97 Å². The van der Waals surface area contributed by atoms with Gasteiger partial charge < -0.3 is 28.6 Å². The Morgan fingerprint density at radius 2 is 1.86 bits per heavy atom. The summed E-state index contributed by atoms with van der Waals surface area (Å²) in [6, 6.07) is 11.0. The van der Waals surface area contributed by atoms with E-state index in [1.54, 1.807) is 7.11 Å². The Morgan fingerprint density at radius 3 is 2.57 bits per heavy atom. The van der Waals surface area contributed by atoms with E-state index in [4.69, 9.17) is 18.9 Å². The van der Waals surface area contributed by atoms with Gasteiger partial charge in [-0.15, -0.1) is 0 Å². The monoisotopic (exact) mass is 477 g/mol. The first-order valence-electron chi connectivity index (χ1n) is 11.5. The van der Waals surface area contributed by atoms with Crippen molar-refractivity contribution in [1.29, 1.82) is 0 Å². The highest BCUT2D eigenvalue weighted by Gasteiger charge is 2.30. The fourth-order valence-corrected chi connectivity index (χ4v) is 4.77. The van der Waals surface area contributed by atoms with Gasteiger partial charge in [-0.25, -0.2) is 4.79 Å². The van der Waals surface area contributed by atoms with Crippen LogP contribution in [0.1, 0.15) is 54.4 Å². The number of aromatic carboxylic acids is 1. The van der Waals surface area contributed by atoms with Crippen LogP contribution in [0.3, 0.4) is 0 Å². The Hall–Kier alpha value is -3.94. The molecule has 2 atom stereocenters. The summed E-state index contributed by atoms with van der Waals surface area (Å²) in [5.41, 5.74) is 2.71. The van der Waals surface area contributed by atoms with Crippen molar-refractivity contribution in [3.63, 3.8) is 0 Å². The molecule has 182 valence electrons. The maximum atomic E-state index is 12.6. The van der Waals surface area contributed by atoms with Crippen LogP contribution in [0.5, 0.6) is 23.0 Å². The number of nitrogens with zero attached hydrogens (tertiary/aromatic N) is 1. The zero-order chi connectivity index (χ0) is 24.9. The fraction of sp³-hybridized carbons (Fsp3) is 0.333. The first-order valence-corrected chi connectivity index (χ1v) is 11.5. The molecule has 8 heteroatoms. The predicted octanol–water partition coefficient (Wildman–Crippen LogP) is 4.84. The van der Waals surface area contributed by atoms with Gasteiger partial charge in [0, 0.05) is 23.9 Å². The van der Waals surface area contributed by atoms with E-state index in [1.165, 1.54) is 12.3 Å². The van der Waals surface area contributed by atoms with Crippen molar-refractivity contribution >= 4 is 5.97 Å². The number of aromatic nitrogens is 1. The molecule has 35 heavy (non-hydrogen) atoms. The topological polar surface area (TPSA) is 96.2 Å². The van der Waals surface area contributed by atoms with Crippen molar-refractivity contribution in [2.45, 2.75) is 39.3 Å². The van der Waals surface area contributed by atoms with Crippen molar-refractivity contribution in [3.05, 3.63) is 69.5 Å². The molecular weight excluding hydrogens is 450 g/mol. The summed E-state index contributed by atoms with van der Waals surface area (Å²) in [4.78, 5) is 24.1. The summed E-state index contributed by atoms with van der Waals surface area (Å²) in [7, 11) is 1.57. The SMILES string of the molecule is COc1cc2c(cc1OC(C)c1ccc3c(c1)OCO3)CC(C(C)C)n1cc(C(=O)O)c(=O)cc1-2.